The van der Waals surface area contributed by atoms with Crippen LogP contribution in [-0.4, -0.2) is 59.2 Å². The summed E-state index contributed by atoms with van der Waals surface area (Å²) in [6, 6.07) is 7.67. The molecule has 1 atom stereocenters. The van der Waals surface area contributed by atoms with E-state index in [2.05, 4.69) is 10.6 Å². The second-order valence-electron chi connectivity index (χ2n) is 7.32. The van der Waals surface area contributed by atoms with Crippen LogP contribution in [0.3, 0.4) is 0 Å². The Balaban J connectivity index is 1.83. The topological polar surface area (TPSA) is 179 Å². The second kappa shape index (κ2) is 9.33. The van der Waals surface area contributed by atoms with Gasteiger partial charge in [-0.2, -0.15) is 0 Å². The SMILES string of the molecule is N=C(N)c1ccc(C(=O)NCCC(CC(=O)O)(c2ccoc2)N2CCNC(=O)C2=O)cc1. The van der Waals surface area contributed by atoms with Crippen LogP contribution in [-0.2, 0) is 19.9 Å². The molecule has 1 aromatic carbocycles. The van der Waals surface area contributed by atoms with E-state index in [0.29, 0.717) is 16.7 Å². The van der Waals surface area contributed by atoms with E-state index >= 15 is 0 Å². The van der Waals surface area contributed by atoms with Crippen molar-refractivity contribution in [2.45, 2.75) is 18.4 Å². The maximum Gasteiger partial charge on any atom is 0.312 e. The Bertz CT molecular complexity index is 1030. The van der Waals surface area contributed by atoms with Gasteiger partial charge in [0.25, 0.3) is 5.91 Å². The Morgan fingerprint density at radius 2 is 1.91 bits per heavy atom. The highest BCUT2D eigenvalue weighted by Gasteiger charge is 2.46. The number of furan rings is 1. The third kappa shape index (κ3) is 4.61. The molecule has 0 spiro atoms. The molecule has 1 saturated heterocycles. The Morgan fingerprint density at radius 1 is 1.22 bits per heavy atom. The molecular weight excluding hydrogens is 418 g/mol. The Labute approximate surface area is 183 Å². The zero-order valence-corrected chi connectivity index (χ0v) is 17.1. The minimum Gasteiger partial charge on any atom is -0.481 e. The Morgan fingerprint density at radius 3 is 2.50 bits per heavy atom. The summed E-state index contributed by atoms with van der Waals surface area (Å²) < 4.78 is 5.14. The number of nitrogen functional groups attached to an aromatic ring is 1. The molecule has 1 fully saturated rings. The summed E-state index contributed by atoms with van der Waals surface area (Å²) in [6.45, 7) is 0.319. The zero-order valence-electron chi connectivity index (χ0n) is 17.1. The number of amidine groups is 1. The summed E-state index contributed by atoms with van der Waals surface area (Å²) in [5.74, 6) is -3.37. The number of nitrogens with two attached hydrogens (primary N) is 1. The fourth-order valence-corrected chi connectivity index (χ4v) is 3.78. The molecule has 1 aliphatic rings. The third-order valence-corrected chi connectivity index (χ3v) is 5.36. The maximum absolute atomic E-state index is 12.6. The monoisotopic (exact) mass is 441 g/mol. The molecule has 0 aliphatic carbocycles. The molecule has 3 amide bonds. The number of piperazine rings is 1. The van der Waals surface area contributed by atoms with E-state index in [1.807, 2.05) is 0 Å². The summed E-state index contributed by atoms with van der Waals surface area (Å²) in [7, 11) is 0. The van der Waals surface area contributed by atoms with Gasteiger partial charge in [-0.25, -0.2) is 0 Å². The van der Waals surface area contributed by atoms with E-state index in [4.69, 9.17) is 15.6 Å². The summed E-state index contributed by atoms with van der Waals surface area (Å²) in [5.41, 5.74) is 5.25. The molecule has 11 nitrogen and oxygen atoms in total. The lowest BCUT2D eigenvalue weighted by Gasteiger charge is -2.44. The molecule has 1 aliphatic heterocycles. The molecule has 2 aromatic rings. The number of nitrogens with one attached hydrogen (secondary N) is 3. The number of hydrogen-bond donors (Lipinski definition) is 5. The predicted octanol–water partition coefficient (Wildman–Crippen LogP) is 0.0122. The first-order valence-electron chi connectivity index (χ1n) is 9.81. The number of benzene rings is 1. The highest BCUT2D eigenvalue weighted by atomic mass is 16.4. The van der Waals surface area contributed by atoms with Crippen LogP contribution in [0.25, 0.3) is 0 Å². The normalized spacial score (nSPS) is 15.6. The van der Waals surface area contributed by atoms with Crippen molar-refractivity contribution in [3.05, 3.63) is 59.5 Å². The maximum atomic E-state index is 12.6. The fraction of sp³-hybridized carbons (Fsp3) is 0.286. The minimum atomic E-state index is -1.39. The van der Waals surface area contributed by atoms with Gasteiger partial charge in [-0.15, -0.1) is 0 Å². The Hall–Kier alpha value is -4.15. The molecule has 0 radical (unpaired) electrons. The molecule has 0 saturated carbocycles. The van der Waals surface area contributed by atoms with Gasteiger partial charge in [-0.05, 0) is 24.6 Å². The number of hydrogen-bond acceptors (Lipinski definition) is 6. The van der Waals surface area contributed by atoms with Crippen LogP contribution in [0.5, 0.6) is 0 Å². The molecule has 168 valence electrons. The van der Waals surface area contributed by atoms with Crippen LogP contribution in [0, 0.1) is 5.41 Å². The van der Waals surface area contributed by atoms with Crippen LogP contribution < -0.4 is 16.4 Å². The molecule has 6 N–H and O–H groups in total. The van der Waals surface area contributed by atoms with Crippen LogP contribution >= 0.6 is 0 Å². The minimum absolute atomic E-state index is 0.0250. The van der Waals surface area contributed by atoms with E-state index < -0.39 is 35.7 Å². The number of amides is 3. The van der Waals surface area contributed by atoms with Crippen molar-refractivity contribution in [3.8, 4) is 0 Å². The van der Waals surface area contributed by atoms with Crippen LogP contribution in [0.15, 0.2) is 47.3 Å². The highest BCUT2D eigenvalue weighted by molar-refractivity contribution is 6.35. The number of aliphatic carboxylic acids is 1. The summed E-state index contributed by atoms with van der Waals surface area (Å²) in [6.07, 6.45) is 2.25. The highest BCUT2D eigenvalue weighted by Crippen LogP contribution is 2.37. The first-order chi connectivity index (χ1) is 15.2. The van der Waals surface area contributed by atoms with Crippen LogP contribution in [0.4, 0.5) is 0 Å². The second-order valence-corrected chi connectivity index (χ2v) is 7.32. The largest absolute Gasteiger partial charge is 0.481 e. The third-order valence-electron chi connectivity index (χ3n) is 5.36. The van der Waals surface area contributed by atoms with Crippen molar-refractivity contribution in [1.29, 1.82) is 5.41 Å². The molecular formula is C21H23N5O6. The van der Waals surface area contributed by atoms with Gasteiger partial charge in [0.15, 0.2) is 0 Å². The average Bonchev–Trinajstić information content (AvgIpc) is 3.30. The summed E-state index contributed by atoms with van der Waals surface area (Å²) in [5, 5.41) is 22.2. The van der Waals surface area contributed by atoms with Crippen molar-refractivity contribution in [2.24, 2.45) is 5.73 Å². The summed E-state index contributed by atoms with van der Waals surface area (Å²) >= 11 is 0. The number of carboxylic acids is 1. The molecule has 1 aromatic heterocycles. The van der Waals surface area contributed by atoms with Gasteiger partial charge in [-0.1, -0.05) is 12.1 Å². The molecule has 3 rings (SSSR count). The first-order valence-corrected chi connectivity index (χ1v) is 9.81. The van der Waals surface area contributed by atoms with E-state index in [1.54, 1.807) is 18.2 Å². The zero-order chi connectivity index (χ0) is 23.3. The quantitative estimate of drug-likeness (QED) is 0.207. The molecule has 1 unspecified atom stereocenters. The molecule has 11 heteroatoms. The van der Waals surface area contributed by atoms with Crippen LogP contribution in [0.2, 0.25) is 0 Å². The lowest BCUT2D eigenvalue weighted by Crippen LogP contribution is -2.61. The number of carbonyl (C=O) groups excluding carboxylic acids is 3. The van der Waals surface area contributed by atoms with Gasteiger partial charge in [-0.3, -0.25) is 24.6 Å². The predicted molar refractivity (Wildman–Crippen MR) is 112 cm³/mol. The number of nitrogens with zero attached hydrogens (tertiary/aromatic N) is 1. The lowest BCUT2D eigenvalue weighted by molar-refractivity contribution is -0.156. The van der Waals surface area contributed by atoms with E-state index in [0.717, 1.165) is 0 Å². The van der Waals surface area contributed by atoms with Crippen LogP contribution in [0.1, 0.15) is 34.3 Å². The van der Waals surface area contributed by atoms with Crippen molar-refractivity contribution in [1.82, 2.24) is 15.5 Å². The number of carbonyl (C=O) groups is 4. The first kappa shape index (κ1) is 22.5. The molecule has 32 heavy (non-hydrogen) atoms. The standard InChI is InChI=1S/C21H23N5O6/c22-17(23)13-1-3-14(4-2-13)18(29)24-7-6-21(11-16(27)28,15-5-10-32-12-15)26-9-8-25-19(30)20(26)31/h1-5,10,12H,6-9,11H2,(H3,22,23)(H,24,29)(H,25,30)(H,27,28). The van der Waals surface area contributed by atoms with E-state index in [-0.39, 0.29) is 31.9 Å². The summed E-state index contributed by atoms with van der Waals surface area (Å²) in [4.78, 5) is 50.1. The lowest BCUT2D eigenvalue weighted by atomic mass is 9.82. The van der Waals surface area contributed by atoms with Gasteiger partial charge < -0.3 is 30.8 Å². The van der Waals surface area contributed by atoms with E-state index in [1.165, 1.54) is 29.6 Å². The molecule has 2 heterocycles. The van der Waals surface area contributed by atoms with Crippen molar-refractivity contribution in [3.63, 3.8) is 0 Å². The van der Waals surface area contributed by atoms with Gasteiger partial charge >= 0.3 is 17.8 Å². The van der Waals surface area contributed by atoms with Gasteiger partial charge in [0, 0.05) is 36.3 Å². The number of rotatable bonds is 9. The Kier molecular flexibility index (Phi) is 6.57. The van der Waals surface area contributed by atoms with E-state index in [9.17, 15) is 24.3 Å². The van der Waals surface area contributed by atoms with Gasteiger partial charge in [0.2, 0.25) is 0 Å². The van der Waals surface area contributed by atoms with Gasteiger partial charge in [0.1, 0.15) is 5.84 Å². The molecule has 0 bridgehead atoms. The van der Waals surface area contributed by atoms with Crippen molar-refractivity contribution in [2.75, 3.05) is 19.6 Å². The average molecular weight is 441 g/mol. The van der Waals surface area contributed by atoms with Crippen molar-refractivity contribution < 1.29 is 28.7 Å². The smallest absolute Gasteiger partial charge is 0.312 e. The van der Waals surface area contributed by atoms with Gasteiger partial charge in [0.05, 0.1) is 24.5 Å². The number of carboxylic acid groups (broad SMARTS) is 1. The van der Waals surface area contributed by atoms with Crippen molar-refractivity contribution >= 4 is 29.5 Å². The fourth-order valence-electron chi connectivity index (χ4n) is 3.78.